The lowest BCUT2D eigenvalue weighted by molar-refractivity contribution is 0.116. The summed E-state index contributed by atoms with van der Waals surface area (Å²) in [7, 11) is -7.30. The predicted octanol–water partition coefficient (Wildman–Crippen LogP) is 2.86. The van der Waals surface area contributed by atoms with Gasteiger partial charge >= 0.3 is 7.60 Å². The van der Waals surface area contributed by atoms with Crippen LogP contribution in [0.4, 0.5) is 0 Å². The van der Waals surface area contributed by atoms with E-state index in [4.69, 9.17) is 14.8 Å². The van der Waals surface area contributed by atoms with Gasteiger partial charge in [-0.2, -0.15) is 4.31 Å². The van der Waals surface area contributed by atoms with E-state index in [0.717, 1.165) is 5.56 Å². The maximum Gasteiger partial charge on any atom is 0.361 e. The molecular weight excluding hydrogens is 491 g/mol. The summed E-state index contributed by atoms with van der Waals surface area (Å²) in [5, 5.41) is 20.7. The molecule has 0 aromatic heterocycles. The van der Waals surface area contributed by atoms with Gasteiger partial charge in [0.1, 0.15) is 5.75 Å². The molecule has 0 unspecified atom stereocenters. The molecule has 2 rings (SSSR count). The van der Waals surface area contributed by atoms with E-state index in [1.807, 2.05) is 13.8 Å². The van der Waals surface area contributed by atoms with Crippen molar-refractivity contribution in [3.8, 4) is 5.75 Å². The first-order chi connectivity index (χ1) is 16.4. The molecule has 35 heavy (non-hydrogen) atoms. The molecule has 0 radical (unpaired) electrons. The van der Waals surface area contributed by atoms with Gasteiger partial charge in [-0.25, -0.2) is 8.42 Å². The lowest BCUT2D eigenvalue weighted by atomic mass is 10.0. The number of sulfonamides is 1. The van der Waals surface area contributed by atoms with Crippen molar-refractivity contribution < 1.29 is 32.2 Å². The smallest absolute Gasteiger partial charge is 0.361 e. The molecule has 0 aliphatic carbocycles. The Balaban J connectivity index is 2.14. The molecule has 0 saturated heterocycles. The van der Waals surface area contributed by atoms with Crippen molar-refractivity contribution in [3.05, 3.63) is 54.1 Å². The second-order valence-electron chi connectivity index (χ2n) is 8.64. The van der Waals surface area contributed by atoms with E-state index in [1.54, 1.807) is 38.1 Å². The quantitative estimate of drug-likeness (QED) is 0.318. The third kappa shape index (κ3) is 8.11. The fraction of sp³-hybridized carbons (Fsp3) is 0.500. The third-order valence-electron chi connectivity index (χ3n) is 5.25. The number of aliphatic hydroxyl groups excluding tert-OH is 1. The number of rotatable bonds is 14. The highest BCUT2D eigenvalue weighted by molar-refractivity contribution is 7.89. The molecule has 196 valence electrons. The molecule has 0 aliphatic heterocycles. The Morgan fingerprint density at radius 3 is 2.00 bits per heavy atom. The number of phenolic OH excluding ortho intramolecular Hbond substituents is 1. The molecule has 2 atom stereocenters. The summed E-state index contributed by atoms with van der Waals surface area (Å²) in [6.45, 7) is 7.77. The number of nitrogens with zero attached hydrogens (tertiary/aromatic N) is 1. The Labute approximate surface area is 208 Å². The molecular formula is C24H37N2O7PS. The van der Waals surface area contributed by atoms with E-state index in [9.17, 15) is 23.2 Å². The molecule has 0 amide bonds. The Morgan fingerprint density at radius 1 is 0.971 bits per heavy atom. The van der Waals surface area contributed by atoms with Gasteiger partial charge in [0, 0.05) is 19.1 Å². The zero-order chi connectivity index (χ0) is 26.2. The summed E-state index contributed by atoms with van der Waals surface area (Å²) < 4.78 is 51.2. The van der Waals surface area contributed by atoms with E-state index in [2.05, 4.69) is 0 Å². The van der Waals surface area contributed by atoms with Gasteiger partial charge in [-0.1, -0.05) is 26.0 Å². The second kappa shape index (κ2) is 13.0. The number of phenols is 1. The Morgan fingerprint density at radius 2 is 1.51 bits per heavy atom. The molecule has 0 saturated carbocycles. The SMILES string of the molecule is CCOP(=O)(OCC)c1ccc(C[C@H](N)[C@H](O)CN(CC(C)C)S(=O)(=O)c2ccc(O)cc2)cc1. The molecule has 2 aromatic rings. The number of aromatic hydroxyl groups is 1. The monoisotopic (exact) mass is 528 g/mol. The van der Waals surface area contributed by atoms with Gasteiger partial charge in [-0.3, -0.25) is 4.57 Å². The maximum atomic E-state index is 13.2. The van der Waals surface area contributed by atoms with Crippen LogP contribution in [0.25, 0.3) is 0 Å². The summed E-state index contributed by atoms with van der Waals surface area (Å²) >= 11 is 0. The number of benzene rings is 2. The highest BCUT2D eigenvalue weighted by Gasteiger charge is 2.30. The summed E-state index contributed by atoms with van der Waals surface area (Å²) in [5.74, 6) is -0.0180. The van der Waals surface area contributed by atoms with Crippen LogP contribution in [-0.4, -0.2) is 61.4 Å². The van der Waals surface area contributed by atoms with Gasteiger partial charge in [-0.05, 0) is 68.1 Å². The highest BCUT2D eigenvalue weighted by atomic mass is 32.2. The third-order valence-corrected chi connectivity index (χ3v) is 9.22. The van der Waals surface area contributed by atoms with Gasteiger partial charge in [0.25, 0.3) is 0 Å². The lowest BCUT2D eigenvalue weighted by Gasteiger charge is -2.28. The van der Waals surface area contributed by atoms with E-state index >= 15 is 0 Å². The van der Waals surface area contributed by atoms with E-state index in [-0.39, 0.29) is 49.3 Å². The lowest BCUT2D eigenvalue weighted by Crippen LogP contribution is -2.47. The van der Waals surface area contributed by atoms with Crippen LogP contribution in [0.15, 0.2) is 53.4 Å². The van der Waals surface area contributed by atoms with Crippen molar-refractivity contribution in [1.82, 2.24) is 4.31 Å². The standard InChI is InChI=1S/C24H37N2O7PS/c1-5-32-34(29,33-6-2)21-11-7-19(8-12-21)15-23(25)24(28)17-26(16-18(3)4)35(30,31)22-13-9-20(27)10-14-22/h7-14,18,23-24,27-28H,5-6,15-17,25H2,1-4H3/t23-,24+/m0/s1. The zero-order valence-corrected chi connectivity index (χ0v) is 22.4. The van der Waals surface area contributed by atoms with E-state index in [1.165, 1.54) is 28.6 Å². The first-order valence-corrected chi connectivity index (χ1v) is 14.6. The largest absolute Gasteiger partial charge is 0.508 e. The average Bonchev–Trinajstić information content (AvgIpc) is 2.79. The number of nitrogens with two attached hydrogens (primary N) is 1. The predicted molar refractivity (Wildman–Crippen MR) is 136 cm³/mol. The molecule has 2 aromatic carbocycles. The molecule has 4 N–H and O–H groups in total. The van der Waals surface area contributed by atoms with Crippen molar-refractivity contribution in [2.45, 2.75) is 51.2 Å². The number of hydrogen-bond donors (Lipinski definition) is 3. The van der Waals surface area contributed by atoms with Gasteiger partial charge in [0.2, 0.25) is 10.0 Å². The van der Waals surface area contributed by atoms with Gasteiger partial charge in [0.05, 0.1) is 29.5 Å². The summed E-state index contributed by atoms with van der Waals surface area (Å²) in [6.07, 6.45) is -0.845. The molecule has 11 heteroatoms. The van der Waals surface area contributed by atoms with Crippen molar-refractivity contribution in [2.24, 2.45) is 11.7 Å². The Hall–Kier alpha value is -1.78. The molecule has 0 fully saturated rings. The van der Waals surface area contributed by atoms with Crippen molar-refractivity contribution in [2.75, 3.05) is 26.3 Å². The summed E-state index contributed by atoms with van der Waals surface area (Å²) in [6, 6.07) is 11.3. The van der Waals surface area contributed by atoms with E-state index < -0.39 is 29.8 Å². The van der Waals surface area contributed by atoms with Crippen molar-refractivity contribution in [3.63, 3.8) is 0 Å². The Kier molecular flexibility index (Phi) is 10.9. The Bertz CT molecular complexity index is 1070. The van der Waals surface area contributed by atoms with Crippen molar-refractivity contribution >= 4 is 22.9 Å². The fourth-order valence-corrected chi connectivity index (χ4v) is 6.73. The fourth-order valence-electron chi connectivity index (χ4n) is 3.54. The molecule has 9 nitrogen and oxygen atoms in total. The topological polar surface area (TPSA) is 139 Å². The summed E-state index contributed by atoms with van der Waals surface area (Å²) in [5.41, 5.74) is 7.03. The normalized spacial score (nSPS) is 14.4. The van der Waals surface area contributed by atoms with Crippen LogP contribution >= 0.6 is 7.60 Å². The molecule has 0 bridgehead atoms. The number of aliphatic hydroxyl groups is 1. The van der Waals surface area contributed by atoms with Gasteiger partial charge < -0.3 is 25.0 Å². The molecule has 0 heterocycles. The number of hydrogen-bond acceptors (Lipinski definition) is 8. The minimum Gasteiger partial charge on any atom is -0.508 e. The second-order valence-corrected chi connectivity index (χ2v) is 12.6. The minimum atomic E-state index is -3.90. The van der Waals surface area contributed by atoms with Crippen LogP contribution in [-0.2, 0) is 30.1 Å². The first kappa shape index (κ1) is 29.5. The first-order valence-electron chi connectivity index (χ1n) is 11.6. The van der Waals surface area contributed by atoms with Crippen LogP contribution < -0.4 is 11.0 Å². The van der Waals surface area contributed by atoms with Crippen LogP contribution in [0.1, 0.15) is 33.3 Å². The maximum absolute atomic E-state index is 13.2. The van der Waals surface area contributed by atoms with Gasteiger partial charge in [-0.15, -0.1) is 0 Å². The average molecular weight is 529 g/mol. The minimum absolute atomic E-state index is 0.0178. The van der Waals surface area contributed by atoms with Gasteiger partial charge in [0.15, 0.2) is 0 Å². The van der Waals surface area contributed by atoms with Crippen molar-refractivity contribution in [1.29, 1.82) is 0 Å². The highest BCUT2D eigenvalue weighted by Crippen LogP contribution is 2.46. The summed E-state index contributed by atoms with van der Waals surface area (Å²) in [4.78, 5) is 0.0281. The molecule has 0 aliphatic rings. The van der Waals surface area contributed by atoms with Crippen LogP contribution in [0.5, 0.6) is 5.75 Å². The van der Waals surface area contributed by atoms with Crippen LogP contribution in [0, 0.1) is 5.92 Å². The molecule has 0 spiro atoms. The van der Waals surface area contributed by atoms with E-state index in [0.29, 0.717) is 5.30 Å². The van der Waals surface area contributed by atoms with Crippen LogP contribution in [0.3, 0.4) is 0 Å². The van der Waals surface area contributed by atoms with Crippen LogP contribution in [0.2, 0.25) is 0 Å². The zero-order valence-electron chi connectivity index (χ0n) is 20.7.